The second kappa shape index (κ2) is 6.91. The molecule has 23 heavy (non-hydrogen) atoms. The smallest absolute Gasteiger partial charge is 0.191 e. The third-order valence-electron chi connectivity index (χ3n) is 3.31. The van der Waals surface area contributed by atoms with Gasteiger partial charge in [0.05, 0.1) is 0 Å². The predicted molar refractivity (Wildman–Crippen MR) is 92.4 cm³/mol. The molecular formula is C16H12Cl2FN3S. The number of halogens is 3. The van der Waals surface area contributed by atoms with Crippen molar-refractivity contribution >= 4 is 35.0 Å². The van der Waals surface area contributed by atoms with Crippen molar-refractivity contribution in [2.75, 3.05) is 0 Å². The summed E-state index contributed by atoms with van der Waals surface area (Å²) < 4.78 is 14.9. The molecule has 0 N–H and O–H groups in total. The van der Waals surface area contributed by atoms with Gasteiger partial charge in [0.25, 0.3) is 0 Å². The second-order valence-electron chi connectivity index (χ2n) is 4.90. The lowest BCUT2D eigenvalue weighted by atomic mass is 10.2. The van der Waals surface area contributed by atoms with E-state index in [9.17, 15) is 4.39 Å². The van der Waals surface area contributed by atoms with Crippen LogP contribution in [0.25, 0.3) is 11.4 Å². The lowest BCUT2D eigenvalue weighted by Crippen LogP contribution is -1.95. The monoisotopic (exact) mass is 367 g/mol. The summed E-state index contributed by atoms with van der Waals surface area (Å²) >= 11 is 13.6. The van der Waals surface area contributed by atoms with Crippen molar-refractivity contribution in [2.24, 2.45) is 7.05 Å². The zero-order valence-corrected chi connectivity index (χ0v) is 14.5. The minimum Gasteiger partial charge on any atom is -0.305 e. The van der Waals surface area contributed by atoms with Gasteiger partial charge < -0.3 is 4.57 Å². The van der Waals surface area contributed by atoms with Crippen LogP contribution in [0.4, 0.5) is 4.39 Å². The minimum atomic E-state index is -0.275. The van der Waals surface area contributed by atoms with Crippen molar-refractivity contribution in [3.8, 4) is 11.4 Å². The molecule has 0 saturated heterocycles. The molecule has 0 aliphatic rings. The Balaban J connectivity index is 1.78. The normalized spacial score (nSPS) is 11.0. The molecule has 0 radical (unpaired) electrons. The van der Waals surface area contributed by atoms with E-state index < -0.39 is 0 Å². The molecule has 3 rings (SSSR count). The van der Waals surface area contributed by atoms with Crippen molar-refractivity contribution in [1.82, 2.24) is 14.8 Å². The van der Waals surface area contributed by atoms with E-state index in [1.54, 1.807) is 18.2 Å². The van der Waals surface area contributed by atoms with Crippen molar-refractivity contribution < 1.29 is 4.39 Å². The van der Waals surface area contributed by atoms with Gasteiger partial charge in [0.15, 0.2) is 11.0 Å². The van der Waals surface area contributed by atoms with E-state index in [1.165, 1.54) is 23.9 Å². The molecule has 0 atom stereocenters. The second-order valence-corrected chi connectivity index (χ2v) is 6.68. The first kappa shape index (κ1) is 16.3. The van der Waals surface area contributed by atoms with Crippen molar-refractivity contribution in [2.45, 2.75) is 10.9 Å². The molecule has 118 valence electrons. The highest BCUT2D eigenvalue weighted by Gasteiger charge is 2.12. The lowest BCUT2D eigenvalue weighted by molar-refractivity contribution is 0.628. The molecule has 0 spiro atoms. The number of nitrogens with zero attached hydrogens (tertiary/aromatic N) is 3. The summed E-state index contributed by atoms with van der Waals surface area (Å²) in [4.78, 5) is 0. The predicted octanol–water partition coefficient (Wildman–Crippen LogP) is 5.22. The fraction of sp³-hybridized carbons (Fsp3) is 0.125. The molecule has 3 nitrogen and oxygen atoms in total. The van der Waals surface area contributed by atoms with E-state index in [4.69, 9.17) is 23.2 Å². The first-order valence-electron chi connectivity index (χ1n) is 6.76. The van der Waals surface area contributed by atoms with Gasteiger partial charge >= 0.3 is 0 Å². The van der Waals surface area contributed by atoms with E-state index in [0.29, 0.717) is 21.6 Å². The minimum absolute atomic E-state index is 0.275. The number of hydrogen-bond donors (Lipinski definition) is 0. The number of rotatable bonds is 4. The molecule has 1 heterocycles. The molecule has 0 bridgehead atoms. The fourth-order valence-corrected chi connectivity index (χ4v) is 3.54. The van der Waals surface area contributed by atoms with Gasteiger partial charge in [-0.15, -0.1) is 10.2 Å². The van der Waals surface area contributed by atoms with E-state index in [-0.39, 0.29) is 5.82 Å². The summed E-state index contributed by atoms with van der Waals surface area (Å²) in [5, 5.41) is 10.4. The molecule has 1 aromatic heterocycles. The van der Waals surface area contributed by atoms with Crippen molar-refractivity contribution in [1.29, 1.82) is 0 Å². The van der Waals surface area contributed by atoms with Crippen LogP contribution in [0.2, 0.25) is 10.0 Å². The van der Waals surface area contributed by atoms with Crippen LogP contribution >= 0.6 is 35.0 Å². The highest BCUT2D eigenvalue weighted by molar-refractivity contribution is 7.98. The Morgan fingerprint density at radius 2 is 1.83 bits per heavy atom. The first-order valence-corrected chi connectivity index (χ1v) is 8.51. The Bertz CT molecular complexity index is 834. The third kappa shape index (κ3) is 3.68. The first-order chi connectivity index (χ1) is 11.0. The average Bonchev–Trinajstić information content (AvgIpc) is 2.88. The zero-order valence-electron chi connectivity index (χ0n) is 12.1. The van der Waals surface area contributed by atoms with Gasteiger partial charge in [0.1, 0.15) is 5.82 Å². The van der Waals surface area contributed by atoms with Crippen molar-refractivity contribution in [3.63, 3.8) is 0 Å². The van der Waals surface area contributed by atoms with E-state index in [1.807, 2.05) is 23.7 Å². The summed E-state index contributed by atoms with van der Waals surface area (Å²) in [6.45, 7) is 0. The van der Waals surface area contributed by atoms with Crippen molar-refractivity contribution in [3.05, 3.63) is 63.9 Å². The molecule has 0 aliphatic carbocycles. The molecule has 0 amide bonds. The van der Waals surface area contributed by atoms with Gasteiger partial charge in [-0.25, -0.2) is 4.39 Å². The highest BCUT2D eigenvalue weighted by atomic mass is 35.5. The largest absolute Gasteiger partial charge is 0.305 e. The highest BCUT2D eigenvalue weighted by Crippen LogP contribution is 2.29. The zero-order chi connectivity index (χ0) is 16.4. The van der Waals surface area contributed by atoms with Crippen LogP contribution in [-0.2, 0) is 12.8 Å². The summed E-state index contributed by atoms with van der Waals surface area (Å²) in [6, 6.07) is 11.6. The Labute approximate surface area is 147 Å². The summed E-state index contributed by atoms with van der Waals surface area (Å²) in [5.74, 6) is 1.07. The van der Waals surface area contributed by atoms with Crippen LogP contribution < -0.4 is 0 Å². The van der Waals surface area contributed by atoms with Gasteiger partial charge in [-0.05, 0) is 42.0 Å². The van der Waals surface area contributed by atoms with Gasteiger partial charge in [0.2, 0.25) is 0 Å². The molecule has 7 heteroatoms. The van der Waals surface area contributed by atoms with Crippen LogP contribution in [0.15, 0.2) is 47.6 Å². The Morgan fingerprint density at radius 3 is 2.52 bits per heavy atom. The molecule has 0 unspecified atom stereocenters. The maximum atomic E-state index is 13.0. The Morgan fingerprint density at radius 1 is 1.09 bits per heavy atom. The lowest BCUT2D eigenvalue weighted by Gasteiger charge is -2.06. The average molecular weight is 368 g/mol. The Hall–Kier alpha value is -1.56. The number of benzene rings is 2. The van der Waals surface area contributed by atoms with E-state index in [2.05, 4.69) is 10.2 Å². The van der Waals surface area contributed by atoms with E-state index in [0.717, 1.165) is 16.3 Å². The van der Waals surface area contributed by atoms with E-state index >= 15 is 0 Å². The summed E-state index contributed by atoms with van der Waals surface area (Å²) in [5.41, 5.74) is 1.80. The van der Waals surface area contributed by atoms with Gasteiger partial charge in [-0.1, -0.05) is 41.0 Å². The maximum Gasteiger partial charge on any atom is 0.191 e. The molecule has 0 aliphatic heterocycles. The van der Waals surface area contributed by atoms with Crippen LogP contribution in [-0.4, -0.2) is 14.8 Å². The number of hydrogen-bond acceptors (Lipinski definition) is 3. The summed E-state index contributed by atoms with van der Waals surface area (Å²) in [6.07, 6.45) is 0. The Kier molecular flexibility index (Phi) is 4.90. The van der Waals surface area contributed by atoms with Gasteiger partial charge in [-0.3, -0.25) is 0 Å². The quantitative estimate of drug-likeness (QED) is 0.592. The third-order valence-corrected chi connectivity index (χ3v) is 4.97. The number of aromatic nitrogens is 3. The maximum absolute atomic E-state index is 13.0. The molecular weight excluding hydrogens is 356 g/mol. The fourth-order valence-electron chi connectivity index (χ4n) is 2.07. The van der Waals surface area contributed by atoms with Crippen LogP contribution in [0.3, 0.4) is 0 Å². The van der Waals surface area contributed by atoms with Crippen LogP contribution in [0.5, 0.6) is 0 Å². The summed E-state index contributed by atoms with van der Waals surface area (Å²) in [7, 11) is 1.88. The van der Waals surface area contributed by atoms with Crippen LogP contribution in [0.1, 0.15) is 5.56 Å². The number of thioether (sulfide) groups is 1. The molecule has 2 aromatic carbocycles. The molecule has 0 fully saturated rings. The SMILES string of the molecule is Cn1c(SCc2ccc(Cl)cc2Cl)nnc1-c1ccc(F)cc1. The standard InChI is InChI=1S/C16H12Cl2FN3S/c1-22-15(10-3-6-13(19)7-4-10)20-21-16(22)23-9-11-2-5-12(17)8-14(11)18/h2-8H,9H2,1H3. The van der Waals surface area contributed by atoms with Gasteiger partial charge in [-0.2, -0.15) is 0 Å². The van der Waals surface area contributed by atoms with Gasteiger partial charge in [0, 0.05) is 28.4 Å². The molecule has 0 saturated carbocycles. The topological polar surface area (TPSA) is 30.7 Å². The van der Waals surface area contributed by atoms with Crippen LogP contribution in [0, 0.1) is 5.82 Å². The molecule has 3 aromatic rings.